The smallest absolute Gasteiger partial charge is 0.347 e. The molecule has 0 aliphatic carbocycles. The Morgan fingerprint density at radius 1 is 1.75 bits per heavy atom. The lowest BCUT2D eigenvalue weighted by Gasteiger charge is -2.05. The predicted molar refractivity (Wildman–Crippen MR) is 54.0 cm³/mol. The van der Waals surface area contributed by atoms with Crippen molar-refractivity contribution in [3.05, 3.63) is 12.0 Å². The van der Waals surface area contributed by atoms with Crippen LogP contribution in [0.3, 0.4) is 0 Å². The monoisotopic (exact) mass is 247 g/mol. The molecule has 1 rings (SSSR count). The SMILES string of the molecule is CC(=O)Sc1nc[nH]c1CC(N)C(=O)OF. The van der Waals surface area contributed by atoms with E-state index in [1.165, 1.54) is 13.3 Å². The molecule has 0 spiro atoms. The Morgan fingerprint density at radius 3 is 3.00 bits per heavy atom. The van der Waals surface area contributed by atoms with E-state index in [-0.39, 0.29) is 11.5 Å². The highest BCUT2D eigenvalue weighted by Crippen LogP contribution is 2.20. The molecule has 0 aliphatic heterocycles. The molecule has 0 aliphatic rings. The summed E-state index contributed by atoms with van der Waals surface area (Å²) in [6, 6.07) is -1.13. The van der Waals surface area contributed by atoms with Crippen LogP contribution in [0.1, 0.15) is 12.6 Å². The molecule has 0 saturated heterocycles. The number of nitrogens with one attached hydrogen (secondary N) is 1. The van der Waals surface area contributed by atoms with Crippen molar-refractivity contribution < 1.29 is 19.1 Å². The lowest BCUT2D eigenvalue weighted by atomic mass is 10.2. The van der Waals surface area contributed by atoms with Crippen LogP contribution in [0.25, 0.3) is 0 Å². The summed E-state index contributed by atoms with van der Waals surface area (Å²) in [5, 5.41) is 0.282. The first-order valence-electron chi connectivity index (χ1n) is 4.33. The zero-order valence-electron chi connectivity index (χ0n) is 8.40. The summed E-state index contributed by atoms with van der Waals surface area (Å²) < 4.78 is 11.6. The quantitative estimate of drug-likeness (QED) is 0.745. The highest BCUT2D eigenvalue weighted by Gasteiger charge is 2.20. The van der Waals surface area contributed by atoms with Gasteiger partial charge in [-0.3, -0.25) is 9.74 Å². The van der Waals surface area contributed by atoms with E-state index in [1.54, 1.807) is 0 Å². The standard InChI is InChI=1S/C8H10FN3O3S/c1-4(13)16-7-6(11-3-12-7)2-5(10)8(14)15-9/h3,5H,2,10H2,1H3,(H,11,12). The minimum Gasteiger partial charge on any atom is -0.347 e. The van der Waals surface area contributed by atoms with Crippen molar-refractivity contribution in [1.82, 2.24) is 9.97 Å². The van der Waals surface area contributed by atoms with E-state index in [0.29, 0.717) is 10.7 Å². The van der Waals surface area contributed by atoms with Gasteiger partial charge in [0.15, 0.2) is 5.12 Å². The highest BCUT2D eigenvalue weighted by atomic mass is 32.2. The molecule has 88 valence electrons. The van der Waals surface area contributed by atoms with Gasteiger partial charge in [-0.1, -0.05) is 0 Å². The van der Waals surface area contributed by atoms with Gasteiger partial charge in [0.25, 0.3) is 0 Å². The third kappa shape index (κ3) is 3.31. The number of halogens is 1. The number of carbonyl (C=O) groups is 2. The van der Waals surface area contributed by atoms with Gasteiger partial charge in [0.05, 0.1) is 12.0 Å². The van der Waals surface area contributed by atoms with Crippen LogP contribution >= 0.6 is 11.8 Å². The summed E-state index contributed by atoms with van der Waals surface area (Å²) >= 11 is 0.910. The van der Waals surface area contributed by atoms with Crippen LogP contribution in [0.15, 0.2) is 11.4 Å². The molecule has 1 aromatic rings. The summed E-state index contributed by atoms with van der Waals surface area (Å²) in [5.74, 6) is -1.16. The number of carbonyl (C=O) groups excluding carboxylic acids is 2. The maximum absolute atomic E-state index is 11.6. The number of H-pyrrole nitrogens is 1. The van der Waals surface area contributed by atoms with E-state index in [4.69, 9.17) is 5.73 Å². The van der Waals surface area contributed by atoms with Crippen molar-refractivity contribution in [3.63, 3.8) is 0 Å². The van der Waals surface area contributed by atoms with Gasteiger partial charge in [-0.05, 0) is 11.8 Å². The zero-order chi connectivity index (χ0) is 12.1. The van der Waals surface area contributed by atoms with E-state index < -0.39 is 12.0 Å². The Kier molecular flexibility index (Phi) is 4.44. The number of hydrogen-bond acceptors (Lipinski definition) is 6. The fourth-order valence-corrected chi connectivity index (χ4v) is 1.68. The maximum Gasteiger partial charge on any atom is 0.365 e. The van der Waals surface area contributed by atoms with Crippen LogP contribution < -0.4 is 5.73 Å². The highest BCUT2D eigenvalue weighted by molar-refractivity contribution is 8.13. The molecule has 6 nitrogen and oxygen atoms in total. The normalized spacial score (nSPS) is 12.2. The summed E-state index contributed by atoms with van der Waals surface area (Å²) in [7, 11) is 0. The second kappa shape index (κ2) is 5.61. The third-order valence-electron chi connectivity index (χ3n) is 1.72. The van der Waals surface area contributed by atoms with Crippen LogP contribution in [0.5, 0.6) is 0 Å². The number of nitrogens with two attached hydrogens (primary N) is 1. The first kappa shape index (κ1) is 12.7. The summed E-state index contributed by atoms with van der Waals surface area (Å²) in [6.45, 7) is 1.39. The van der Waals surface area contributed by atoms with Crippen molar-refractivity contribution in [1.29, 1.82) is 0 Å². The molecule has 0 fully saturated rings. The average Bonchev–Trinajstić information content (AvgIpc) is 2.63. The van der Waals surface area contributed by atoms with Crippen molar-refractivity contribution in [2.24, 2.45) is 5.73 Å². The summed E-state index contributed by atoms with van der Waals surface area (Å²) in [6.07, 6.45) is 1.40. The van der Waals surface area contributed by atoms with Gasteiger partial charge >= 0.3 is 5.97 Å². The Hall–Kier alpha value is -1.41. The molecular formula is C8H10FN3O3S. The Balaban J connectivity index is 2.70. The maximum atomic E-state index is 11.6. The number of aromatic amines is 1. The van der Waals surface area contributed by atoms with Crippen LogP contribution in [0.2, 0.25) is 0 Å². The molecular weight excluding hydrogens is 237 g/mol. The molecule has 1 atom stereocenters. The fraction of sp³-hybridized carbons (Fsp3) is 0.375. The number of rotatable bonds is 4. The predicted octanol–water partition coefficient (Wildman–Crippen LogP) is 0.346. The number of imidazole rings is 1. The fourth-order valence-electron chi connectivity index (χ4n) is 1.04. The Bertz CT molecular complexity index is 396. The molecule has 16 heavy (non-hydrogen) atoms. The summed E-state index contributed by atoms with van der Waals surface area (Å²) in [4.78, 5) is 31.2. The minimum absolute atomic E-state index is 0.0262. The number of aromatic nitrogens is 2. The minimum atomic E-state index is -1.16. The second-order valence-electron chi connectivity index (χ2n) is 2.99. The molecule has 0 radical (unpaired) electrons. The van der Waals surface area contributed by atoms with E-state index in [1.807, 2.05) is 0 Å². The first-order valence-corrected chi connectivity index (χ1v) is 5.15. The molecule has 1 aromatic heterocycles. The topological polar surface area (TPSA) is 98.1 Å². The molecule has 0 bridgehead atoms. The van der Waals surface area contributed by atoms with Gasteiger partial charge in [0.1, 0.15) is 11.1 Å². The molecule has 8 heteroatoms. The first-order chi connectivity index (χ1) is 7.54. The van der Waals surface area contributed by atoms with Crippen molar-refractivity contribution >= 4 is 22.8 Å². The molecule has 3 N–H and O–H groups in total. The van der Waals surface area contributed by atoms with Crippen molar-refractivity contribution in [3.8, 4) is 0 Å². The van der Waals surface area contributed by atoms with Crippen LogP contribution in [0.4, 0.5) is 4.53 Å². The lowest BCUT2D eigenvalue weighted by molar-refractivity contribution is -0.185. The Labute approximate surface area is 94.7 Å². The van der Waals surface area contributed by atoms with Crippen LogP contribution in [0, 0.1) is 0 Å². The van der Waals surface area contributed by atoms with E-state index in [0.717, 1.165) is 11.8 Å². The van der Waals surface area contributed by atoms with E-state index >= 15 is 0 Å². The van der Waals surface area contributed by atoms with Gasteiger partial charge in [-0.15, -0.1) is 0 Å². The largest absolute Gasteiger partial charge is 0.365 e. The van der Waals surface area contributed by atoms with Crippen LogP contribution in [-0.2, 0) is 21.0 Å². The summed E-state index contributed by atoms with van der Waals surface area (Å²) in [5.41, 5.74) is 5.86. The van der Waals surface area contributed by atoms with E-state index in [2.05, 4.69) is 14.9 Å². The second-order valence-corrected chi connectivity index (χ2v) is 4.15. The van der Waals surface area contributed by atoms with Gasteiger partial charge in [0.2, 0.25) is 0 Å². The van der Waals surface area contributed by atoms with Gasteiger partial charge in [0, 0.05) is 17.9 Å². The molecule has 1 heterocycles. The molecule has 0 saturated carbocycles. The van der Waals surface area contributed by atoms with Crippen molar-refractivity contribution in [2.75, 3.05) is 0 Å². The third-order valence-corrected chi connectivity index (χ3v) is 2.55. The number of thioether (sulfide) groups is 1. The van der Waals surface area contributed by atoms with Crippen molar-refractivity contribution in [2.45, 2.75) is 24.4 Å². The van der Waals surface area contributed by atoms with Crippen LogP contribution in [-0.4, -0.2) is 27.1 Å². The van der Waals surface area contributed by atoms with E-state index in [9.17, 15) is 14.1 Å². The zero-order valence-corrected chi connectivity index (χ0v) is 9.21. The number of hydrogen-bond donors (Lipinski definition) is 2. The van der Waals surface area contributed by atoms with Gasteiger partial charge < -0.3 is 10.7 Å². The molecule has 1 unspecified atom stereocenters. The van der Waals surface area contributed by atoms with Gasteiger partial charge in [-0.25, -0.2) is 9.78 Å². The Morgan fingerprint density at radius 2 is 2.44 bits per heavy atom. The molecule has 0 amide bonds. The average molecular weight is 247 g/mol. The molecule has 0 aromatic carbocycles. The lowest BCUT2D eigenvalue weighted by Crippen LogP contribution is -2.33. The van der Waals surface area contributed by atoms with Gasteiger partial charge in [-0.2, -0.15) is 0 Å². The number of nitrogens with zero attached hydrogens (tertiary/aromatic N) is 1.